The maximum Gasteiger partial charge on any atom is 0.249 e. The topological polar surface area (TPSA) is 29.5 Å². The first-order valence-corrected chi connectivity index (χ1v) is 7.12. The van der Waals surface area contributed by atoms with Gasteiger partial charge in [-0.3, -0.25) is 4.79 Å². The number of ether oxygens (including phenoxy) is 1. The van der Waals surface area contributed by atoms with Crippen LogP contribution in [0.1, 0.15) is 38.3 Å². The summed E-state index contributed by atoms with van der Waals surface area (Å²) in [6.45, 7) is 4.86. The van der Waals surface area contributed by atoms with Gasteiger partial charge in [-0.2, -0.15) is 0 Å². The minimum Gasteiger partial charge on any atom is -0.369 e. The lowest BCUT2D eigenvalue weighted by Crippen LogP contribution is -2.34. The van der Waals surface area contributed by atoms with Crippen LogP contribution in [0.4, 0.5) is 0 Å². The number of nitrogens with zero attached hydrogens (tertiary/aromatic N) is 1. The van der Waals surface area contributed by atoms with E-state index in [0.29, 0.717) is 0 Å². The number of rotatable bonds is 4. The zero-order chi connectivity index (χ0) is 13.8. The molecule has 1 fully saturated rings. The SMILES string of the molecule is CC(C)OCC(=O)N1CCCC1c1ccc(Cl)cc1. The monoisotopic (exact) mass is 281 g/mol. The Bertz CT molecular complexity index is 430. The molecule has 0 radical (unpaired) electrons. The predicted molar refractivity (Wildman–Crippen MR) is 76.2 cm³/mol. The van der Waals surface area contributed by atoms with Gasteiger partial charge in [0.15, 0.2) is 0 Å². The highest BCUT2D eigenvalue weighted by molar-refractivity contribution is 6.30. The lowest BCUT2D eigenvalue weighted by molar-refractivity contribution is -0.138. The average molecular weight is 282 g/mol. The molecule has 0 aliphatic carbocycles. The standard InChI is InChI=1S/C15H20ClNO2/c1-11(2)19-10-15(18)17-9-3-4-14(17)12-5-7-13(16)8-6-12/h5-8,11,14H,3-4,9-10H2,1-2H3. The van der Waals surface area contributed by atoms with Crippen LogP contribution >= 0.6 is 11.6 Å². The highest BCUT2D eigenvalue weighted by Crippen LogP contribution is 2.32. The quantitative estimate of drug-likeness (QED) is 0.846. The third-order valence-corrected chi connectivity index (χ3v) is 3.62. The van der Waals surface area contributed by atoms with Gasteiger partial charge in [-0.1, -0.05) is 23.7 Å². The summed E-state index contributed by atoms with van der Waals surface area (Å²) in [6, 6.07) is 7.93. The fraction of sp³-hybridized carbons (Fsp3) is 0.533. The first-order chi connectivity index (χ1) is 9.08. The van der Waals surface area contributed by atoms with E-state index < -0.39 is 0 Å². The molecule has 1 aromatic carbocycles. The van der Waals surface area contributed by atoms with E-state index in [1.54, 1.807) is 0 Å². The van der Waals surface area contributed by atoms with Crippen LogP contribution in [0.5, 0.6) is 0 Å². The minimum absolute atomic E-state index is 0.0751. The number of hydrogen-bond donors (Lipinski definition) is 0. The first-order valence-electron chi connectivity index (χ1n) is 6.74. The van der Waals surface area contributed by atoms with E-state index in [1.807, 2.05) is 43.0 Å². The Hall–Kier alpha value is -1.06. The second kappa shape index (κ2) is 6.40. The predicted octanol–water partition coefficient (Wildman–Crippen LogP) is 3.43. The van der Waals surface area contributed by atoms with Crippen LogP contribution in [0.15, 0.2) is 24.3 Å². The summed E-state index contributed by atoms with van der Waals surface area (Å²) in [5, 5.41) is 0.725. The molecule has 1 heterocycles. The van der Waals surface area contributed by atoms with Crippen molar-refractivity contribution >= 4 is 17.5 Å². The fourth-order valence-electron chi connectivity index (χ4n) is 2.42. The van der Waals surface area contributed by atoms with Crippen LogP contribution in [-0.2, 0) is 9.53 Å². The summed E-state index contributed by atoms with van der Waals surface area (Å²) >= 11 is 5.90. The van der Waals surface area contributed by atoms with Gasteiger partial charge in [-0.25, -0.2) is 0 Å². The molecular formula is C15H20ClNO2. The molecule has 0 spiro atoms. The largest absolute Gasteiger partial charge is 0.369 e. The maximum atomic E-state index is 12.2. The molecular weight excluding hydrogens is 262 g/mol. The van der Waals surface area contributed by atoms with Crippen LogP contribution < -0.4 is 0 Å². The molecule has 1 unspecified atom stereocenters. The number of halogens is 1. The molecule has 0 N–H and O–H groups in total. The number of carbonyl (C=O) groups is 1. The van der Waals surface area contributed by atoms with Gasteiger partial charge in [0.1, 0.15) is 6.61 Å². The second-order valence-electron chi connectivity index (χ2n) is 5.16. The molecule has 104 valence electrons. The fourth-order valence-corrected chi connectivity index (χ4v) is 2.54. The van der Waals surface area contributed by atoms with Crippen LogP contribution in [-0.4, -0.2) is 30.1 Å². The van der Waals surface area contributed by atoms with Gasteiger partial charge in [0.25, 0.3) is 0 Å². The normalized spacial score (nSPS) is 19.2. The zero-order valence-corrected chi connectivity index (χ0v) is 12.2. The van der Waals surface area contributed by atoms with Crippen molar-refractivity contribution in [2.45, 2.75) is 38.8 Å². The van der Waals surface area contributed by atoms with Gasteiger partial charge in [0.2, 0.25) is 5.91 Å². The number of amides is 1. The van der Waals surface area contributed by atoms with Gasteiger partial charge in [0.05, 0.1) is 12.1 Å². The Morgan fingerprint density at radius 2 is 2.11 bits per heavy atom. The third kappa shape index (κ3) is 3.71. The Morgan fingerprint density at radius 3 is 2.74 bits per heavy atom. The summed E-state index contributed by atoms with van der Waals surface area (Å²) in [5.74, 6) is 0.0751. The van der Waals surface area contributed by atoms with Crippen LogP contribution in [0, 0.1) is 0 Å². The molecule has 19 heavy (non-hydrogen) atoms. The van der Waals surface area contributed by atoms with E-state index in [1.165, 1.54) is 0 Å². The van der Waals surface area contributed by atoms with Crippen molar-refractivity contribution in [3.63, 3.8) is 0 Å². The smallest absolute Gasteiger partial charge is 0.249 e. The molecule has 0 bridgehead atoms. The van der Waals surface area contributed by atoms with Crippen LogP contribution in [0.3, 0.4) is 0 Å². The molecule has 1 atom stereocenters. The van der Waals surface area contributed by atoms with E-state index in [0.717, 1.165) is 30.0 Å². The highest BCUT2D eigenvalue weighted by Gasteiger charge is 2.29. The summed E-state index contributed by atoms with van der Waals surface area (Å²) in [7, 11) is 0. The molecule has 1 aromatic rings. The Labute approximate surface area is 119 Å². The van der Waals surface area contributed by atoms with Crippen molar-refractivity contribution in [1.29, 1.82) is 0 Å². The van der Waals surface area contributed by atoms with E-state index >= 15 is 0 Å². The van der Waals surface area contributed by atoms with Gasteiger partial charge in [-0.05, 0) is 44.4 Å². The van der Waals surface area contributed by atoms with Crippen molar-refractivity contribution in [2.75, 3.05) is 13.2 Å². The molecule has 0 saturated carbocycles. The average Bonchev–Trinajstić information content (AvgIpc) is 2.86. The summed E-state index contributed by atoms with van der Waals surface area (Å²) in [5.41, 5.74) is 1.15. The second-order valence-corrected chi connectivity index (χ2v) is 5.59. The van der Waals surface area contributed by atoms with Crippen molar-refractivity contribution < 1.29 is 9.53 Å². The summed E-state index contributed by atoms with van der Waals surface area (Å²) < 4.78 is 5.41. The Morgan fingerprint density at radius 1 is 1.42 bits per heavy atom. The van der Waals surface area contributed by atoms with Gasteiger partial charge in [0, 0.05) is 11.6 Å². The number of carbonyl (C=O) groups excluding carboxylic acids is 1. The summed E-state index contributed by atoms with van der Waals surface area (Å²) in [6.07, 6.45) is 2.14. The van der Waals surface area contributed by atoms with Crippen molar-refractivity contribution in [2.24, 2.45) is 0 Å². The first kappa shape index (κ1) is 14.4. The van der Waals surface area contributed by atoms with E-state index in [2.05, 4.69) is 0 Å². The van der Waals surface area contributed by atoms with E-state index in [9.17, 15) is 4.79 Å². The Balaban J connectivity index is 2.04. The minimum atomic E-state index is 0.0751. The third-order valence-electron chi connectivity index (χ3n) is 3.37. The van der Waals surface area contributed by atoms with Crippen LogP contribution in [0.25, 0.3) is 0 Å². The highest BCUT2D eigenvalue weighted by atomic mass is 35.5. The lowest BCUT2D eigenvalue weighted by atomic mass is 10.0. The van der Waals surface area contributed by atoms with Crippen LogP contribution in [0.2, 0.25) is 5.02 Å². The number of benzene rings is 1. The molecule has 1 amide bonds. The van der Waals surface area contributed by atoms with Gasteiger partial charge in [-0.15, -0.1) is 0 Å². The molecule has 1 aliphatic rings. The zero-order valence-electron chi connectivity index (χ0n) is 11.4. The molecule has 1 saturated heterocycles. The molecule has 2 rings (SSSR count). The van der Waals surface area contributed by atoms with Crippen molar-refractivity contribution in [3.05, 3.63) is 34.9 Å². The van der Waals surface area contributed by atoms with Gasteiger partial charge >= 0.3 is 0 Å². The lowest BCUT2D eigenvalue weighted by Gasteiger charge is -2.25. The summed E-state index contributed by atoms with van der Waals surface area (Å²) in [4.78, 5) is 14.1. The molecule has 1 aliphatic heterocycles. The molecule has 0 aromatic heterocycles. The Kier molecular flexibility index (Phi) is 4.83. The van der Waals surface area contributed by atoms with E-state index in [4.69, 9.17) is 16.3 Å². The number of hydrogen-bond acceptors (Lipinski definition) is 2. The van der Waals surface area contributed by atoms with Crippen molar-refractivity contribution in [1.82, 2.24) is 4.90 Å². The van der Waals surface area contributed by atoms with E-state index in [-0.39, 0.29) is 24.7 Å². The number of likely N-dealkylation sites (tertiary alicyclic amines) is 1. The molecule has 3 nitrogen and oxygen atoms in total. The van der Waals surface area contributed by atoms with Gasteiger partial charge < -0.3 is 9.64 Å². The molecule has 4 heteroatoms. The van der Waals surface area contributed by atoms with Crippen molar-refractivity contribution in [3.8, 4) is 0 Å². The maximum absolute atomic E-state index is 12.2.